The standard InChI is InChI=1S/C14H26ClN3/c1-6-8-18-13(11(15)10-17-18)12(16-7-2)9-14(3,4)5/h10,12,16H,6-9H2,1-5H3. The van der Waals surface area contributed by atoms with E-state index in [1.807, 2.05) is 4.68 Å². The third-order valence-electron chi connectivity index (χ3n) is 2.87. The second-order valence-corrected chi connectivity index (χ2v) is 6.38. The fraction of sp³-hybridized carbons (Fsp3) is 0.786. The molecular weight excluding hydrogens is 246 g/mol. The zero-order valence-electron chi connectivity index (χ0n) is 12.3. The first-order valence-corrected chi connectivity index (χ1v) is 7.21. The van der Waals surface area contributed by atoms with E-state index in [2.05, 4.69) is 45.0 Å². The summed E-state index contributed by atoms with van der Waals surface area (Å²) in [6.45, 7) is 12.9. The van der Waals surface area contributed by atoms with Gasteiger partial charge in [0.25, 0.3) is 0 Å². The molecule has 3 nitrogen and oxygen atoms in total. The second kappa shape index (κ2) is 6.58. The van der Waals surface area contributed by atoms with E-state index in [0.29, 0.717) is 0 Å². The van der Waals surface area contributed by atoms with E-state index in [-0.39, 0.29) is 11.5 Å². The maximum atomic E-state index is 6.32. The summed E-state index contributed by atoms with van der Waals surface area (Å²) in [6, 6.07) is 0.275. The first-order chi connectivity index (χ1) is 8.39. The van der Waals surface area contributed by atoms with Gasteiger partial charge in [-0.3, -0.25) is 4.68 Å². The second-order valence-electron chi connectivity index (χ2n) is 5.98. The van der Waals surface area contributed by atoms with Crippen molar-refractivity contribution < 1.29 is 0 Å². The van der Waals surface area contributed by atoms with Crippen LogP contribution in [0.5, 0.6) is 0 Å². The Morgan fingerprint density at radius 1 is 1.39 bits per heavy atom. The lowest BCUT2D eigenvalue weighted by molar-refractivity contribution is 0.303. The van der Waals surface area contributed by atoms with Gasteiger partial charge in [0, 0.05) is 6.54 Å². The summed E-state index contributed by atoms with van der Waals surface area (Å²) in [5.41, 5.74) is 1.40. The number of nitrogens with zero attached hydrogens (tertiary/aromatic N) is 2. The van der Waals surface area contributed by atoms with Crippen LogP contribution in [0, 0.1) is 5.41 Å². The summed E-state index contributed by atoms with van der Waals surface area (Å²) in [4.78, 5) is 0. The van der Waals surface area contributed by atoms with Crippen LogP contribution in [0.1, 0.15) is 59.2 Å². The average Bonchev–Trinajstić information content (AvgIpc) is 2.58. The number of aryl methyl sites for hydroxylation is 1. The Kier molecular flexibility index (Phi) is 5.67. The molecule has 1 aromatic heterocycles. The fourth-order valence-corrected chi connectivity index (χ4v) is 2.51. The van der Waals surface area contributed by atoms with Crippen molar-refractivity contribution in [3.8, 4) is 0 Å². The van der Waals surface area contributed by atoms with Crippen molar-refractivity contribution in [3.05, 3.63) is 16.9 Å². The van der Waals surface area contributed by atoms with E-state index in [0.717, 1.165) is 36.6 Å². The molecule has 104 valence electrons. The Morgan fingerprint density at radius 2 is 2.06 bits per heavy atom. The monoisotopic (exact) mass is 271 g/mol. The minimum absolute atomic E-state index is 0.261. The van der Waals surface area contributed by atoms with Gasteiger partial charge in [0.2, 0.25) is 0 Å². The minimum atomic E-state index is 0.261. The minimum Gasteiger partial charge on any atom is -0.309 e. The Balaban J connectivity index is 3.00. The first kappa shape index (κ1) is 15.5. The lowest BCUT2D eigenvalue weighted by Gasteiger charge is -2.27. The van der Waals surface area contributed by atoms with Gasteiger partial charge in [-0.15, -0.1) is 0 Å². The molecule has 0 amide bonds. The number of hydrogen-bond acceptors (Lipinski definition) is 2. The van der Waals surface area contributed by atoms with Crippen LogP contribution in [0.2, 0.25) is 5.02 Å². The lowest BCUT2D eigenvalue weighted by atomic mass is 9.87. The number of aromatic nitrogens is 2. The van der Waals surface area contributed by atoms with E-state index in [4.69, 9.17) is 11.6 Å². The number of hydrogen-bond donors (Lipinski definition) is 1. The zero-order chi connectivity index (χ0) is 13.8. The van der Waals surface area contributed by atoms with E-state index >= 15 is 0 Å². The van der Waals surface area contributed by atoms with Crippen LogP contribution >= 0.6 is 11.6 Å². The molecule has 4 heteroatoms. The average molecular weight is 272 g/mol. The highest BCUT2D eigenvalue weighted by Gasteiger charge is 2.24. The predicted molar refractivity (Wildman–Crippen MR) is 78.0 cm³/mol. The van der Waals surface area contributed by atoms with Gasteiger partial charge in [-0.25, -0.2) is 0 Å². The summed E-state index contributed by atoms with van der Waals surface area (Å²) < 4.78 is 2.04. The summed E-state index contributed by atoms with van der Waals surface area (Å²) in [5, 5.41) is 8.70. The topological polar surface area (TPSA) is 29.9 Å². The smallest absolute Gasteiger partial charge is 0.0834 e. The van der Waals surface area contributed by atoms with Crippen molar-refractivity contribution in [2.45, 2.75) is 60.0 Å². The molecule has 1 aromatic rings. The molecule has 0 saturated heterocycles. The molecule has 1 unspecified atom stereocenters. The van der Waals surface area contributed by atoms with Crippen molar-refractivity contribution >= 4 is 11.6 Å². The van der Waals surface area contributed by atoms with Gasteiger partial charge in [-0.05, 0) is 24.8 Å². The van der Waals surface area contributed by atoms with Crippen LogP contribution in [0.25, 0.3) is 0 Å². The zero-order valence-corrected chi connectivity index (χ0v) is 13.0. The maximum absolute atomic E-state index is 6.32. The molecule has 0 aromatic carbocycles. The molecule has 1 N–H and O–H groups in total. The molecule has 0 bridgehead atoms. The normalized spacial score (nSPS) is 13.9. The van der Waals surface area contributed by atoms with Crippen molar-refractivity contribution in [1.82, 2.24) is 15.1 Å². The van der Waals surface area contributed by atoms with Crippen molar-refractivity contribution in [3.63, 3.8) is 0 Å². The van der Waals surface area contributed by atoms with Crippen LogP contribution < -0.4 is 5.32 Å². The van der Waals surface area contributed by atoms with Crippen molar-refractivity contribution in [2.24, 2.45) is 5.41 Å². The molecule has 0 radical (unpaired) electrons. The highest BCUT2D eigenvalue weighted by Crippen LogP contribution is 2.32. The highest BCUT2D eigenvalue weighted by molar-refractivity contribution is 6.31. The van der Waals surface area contributed by atoms with Gasteiger partial charge in [0.1, 0.15) is 0 Å². The van der Waals surface area contributed by atoms with E-state index in [1.165, 1.54) is 0 Å². The third-order valence-corrected chi connectivity index (χ3v) is 3.16. The van der Waals surface area contributed by atoms with Crippen LogP contribution in [-0.4, -0.2) is 16.3 Å². The number of rotatable bonds is 6. The van der Waals surface area contributed by atoms with Gasteiger partial charge in [-0.2, -0.15) is 5.10 Å². The third kappa shape index (κ3) is 4.29. The molecule has 0 spiro atoms. The Hall–Kier alpha value is -0.540. The van der Waals surface area contributed by atoms with Crippen LogP contribution in [-0.2, 0) is 6.54 Å². The van der Waals surface area contributed by atoms with Gasteiger partial charge < -0.3 is 5.32 Å². The molecule has 0 aliphatic rings. The van der Waals surface area contributed by atoms with E-state index in [1.54, 1.807) is 6.20 Å². The Labute approximate surface area is 116 Å². The number of nitrogens with one attached hydrogen (secondary N) is 1. The quantitative estimate of drug-likeness (QED) is 0.846. The van der Waals surface area contributed by atoms with Gasteiger partial charge in [0.15, 0.2) is 0 Å². The molecule has 1 rings (SSSR count). The van der Waals surface area contributed by atoms with Gasteiger partial charge in [0.05, 0.1) is 23.0 Å². The Morgan fingerprint density at radius 3 is 2.56 bits per heavy atom. The van der Waals surface area contributed by atoms with E-state index in [9.17, 15) is 0 Å². The maximum Gasteiger partial charge on any atom is 0.0834 e. The molecule has 0 saturated carbocycles. The molecule has 18 heavy (non-hydrogen) atoms. The molecule has 0 aliphatic heterocycles. The summed E-state index contributed by atoms with van der Waals surface area (Å²) in [6.07, 6.45) is 3.88. The molecule has 0 fully saturated rings. The fourth-order valence-electron chi connectivity index (χ4n) is 2.23. The summed E-state index contributed by atoms with van der Waals surface area (Å²) in [7, 11) is 0. The first-order valence-electron chi connectivity index (χ1n) is 6.83. The number of halogens is 1. The molecule has 0 aliphatic carbocycles. The summed E-state index contributed by atoms with van der Waals surface area (Å²) >= 11 is 6.32. The van der Waals surface area contributed by atoms with Gasteiger partial charge in [-0.1, -0.05) is 46.2 Å². The van der Waals surface area contributed by atoms with Crippen molar-refractivity contribution in [2.75, 3.05) is 6.54 Å². The lowest BCUT2D eigenvalue weighted by Crippen LogP contribution is -2.28. The highest BCUT2D eigenvalue weighted by atomic mass is 35.5. The summed E-state index contributed by atoms with van der Waals surface area (Å²) in [5.74, 6) is 0. The molecular formula is C14H26ClN3. The molecule has 1 atom stereocenters. The SMILES string of the molecule is CCCn1ncc(Cl)c1C(CC(C)(C)C)NCC. The van der Waals surface area contributed by atoms with Crippen molar-refractivity contribution in [1.29, 1.82) is 0 Å². The van der Waals surface area contributed by atoms with Gasteiger partial charge >= 0.3 is 0 Å². The largest absolute Gasteiger partial charge is 0.309 e. The van der Waals surface area contributed by atoms with Crippen LogP contribution in [0.4, 0.5) is 0 Å². The van der Waals surface area contributed by atoms with Crippen LogP contribution in [0.15, 0.2) is 6.20 Å². The van der Waals surface area contributed by atoms with Crippen LogP contribution in [0.3, 0.4) is 0 Å². The predicted octanol–water partition coefficient (Wildman–Crippen LogP) is 4.03. The van der Waals surface area contributed by atoms with E-state index < -0.39 is 0 Å². The Bertz CT molecular complexity index is 366. The molecule has 1 heterocycles.